The van der Waals surface area contributed by atoms with Crippen molar-refractivity contribution in [2.45, 2.75) is 37.4 Å². The number of carbonyl (C=O) groups is 1. The van der Waals surface area contributed by atoms with E-state index in [9.17, 15) is 25.2 Å². The number of nitrogens with one attached hydrogen (secondary N) is 2. The van der Waals surface area contributed by atoms with E-state index in [4.69, 9.17) is 4.74 Å². The van der Waals surface area contributed by atoms with Crippen molar-refractivity contribution >= 4 is 33.6 Å². The Morgan fingerprint density at radius 1 is 1.19 bits per heavy atom. The van der Waals surface area contributed by atoms with Gasteiger partial charge in [0.2, 0.25) is 5.78 Å². The fourth-order valence-electron chi connectivity index (χ4n) is 3.13. The zero-order chi connectivity index (χ0) is 22.1. The van der Waals surface area contributed by atoms with E-state index in [-0.39, 0.29) is 12.3 Å². The number of carbonyl (C=O) groups excluding carboxylic acids is 1. The predicted octanol–water partition coefficient (Wildman–Crippen LogP) is -0.822. The number of aromatic nitrogens is 5. The third kappa shape index (κ3) is 4.36. The Labute approximate surface area is 183 Å². The van der Waals surface area contributed by atoms with Crippen LogP contribution in [0, 0.1) is 6.92 Å². The van der Waals surface area contributed by atoms with Gasteiger partial charge in [-0.2, -0.15) is 15.4 Å². The highest BCUT2D eigenvalue weighted by Gasteiger charge is 2.43. The molecule has 4 heterocycles. The molecular formula is C17H20N6O6S2. The first-order valence-electron chi connectivity index (χ1n) is 9.27. The second kappa shape index (κ2) is 9.04. The standard InChI is InChI=1S/C17H20N6O6S2/c1-6-15(31-16(21-6)7-2-20-23-22-7)13(27)10-4-19-17(30-10)18-3-8-11(25)14(28)12(26)9(5-24)29-8/h2,4,8-9,11-12,14,24-26,28H,3,5H2,1H3,(H,18,19)(H,20,22,23)/t8-,9-,11-,12-,14-/m1/s1. The van der Waals surface area contributed by atoms with Gasteiger partial charge in [-0.05, 0) is 6.92 Å². The molecule has 166 valence electrons. The first kappa shape index (κ1) is 21.9. The maximum Gasteiger partial charge on any atom is 0.216 e. The molecule has 3 aromatic rings. The third-order valence-corrected chi connectivity index (χ3v) is 6.94. The van der Waals surface area contributed by atoms with Crippen LogP contribution in [-0.2, 0) is 4.74 Å². The van der Waals surface area contributed by atoms with Gasteiger partial charge in [-0.25, -0.2) is 9.97 Å². The molecule has 1 aliphatic heterocycles. The summed E-state index contributed by atoms with van der Waals surface area (Å²) in [5.74, 6) is -0.219. The molecular weight excluding hydrogens is 448 g/mol. The number of ketones is 1. The van der Waals surface area contributed by atoms with Crippen LogP contribution in [0.4, 0.5) is 5.13 Å². The SMILES string of the molecule is Cc1nc(-c2cn[nH]n2)sc1C(=O)c1cnc(NC[C@H]2O[C@H](CO)[C@@H](O)[C@H](O)[C@@H]2O)s1. The zero-order valence-corrected chi connectivity index (χ0v) is 17.8. The number of ether oxygens (including phenoxy) is 1. The second-order valence-corrected chi connectivity index (χ2v) is 8.93. The summed E-state index contributed by atoms with van der Waals surface area (Å²) in [6.45, 7) is 1.30. The maximum atomic E-state index is 12.9. The number of rotatable bonds is 7. The largest absolute Gasteiger partial charge is 0.394 e. The molecule has 0 amide bonds. The van der Waals surface area contributed by atoms with E-state index in [1.54, 1.807) is 6.92 Å². The lowest BCUT2D eigenvalue weighted by Gasteiger charge is -2.40. The zero-order valence-electron chi connectivity index (χ0n) is 16.2. The van der Waals surface area contributed by atoms with Gasteiger partial charge in [-0.15, -0.1) is 11.3 Å². The van der Waals surface area contributed by atoms with Gasteiger partial charge in [-0.3, -0.25) is 4.79 Å². The molecule has 1 fully saturated rings. The summed E-state index contributed by atoms with van der Waals surface area (Å²) < 4.78 is 5.45. The highest BCUT2D eigenvalue weighted by atomic mass is 32.1. The van der Waals surface area contributed by atoms with E-state index in [0.29, 0.717) is 31.3 Å². The monoisotopic (exact) mass is 468 g/mol. The summed E-state index contributed by atoms with van der Waals surface area (Å²) in [7, 11) is 0. The van der Waals surface area contributed by atoms with Crippen molar-refractivity contribution in [2.24, 2.45) is 0 Å². The Balaban J connectivity index is 1.42. The highest BCUT2D eigenvalue weighted by molar-refractivity contribution is 7.20. The molecule has 3 aromatic heterocycles. The number of hydrogen-bond acceptors (Lipinski definition) is 13. The molecule has 0 bridgehead atoms. The lowest BCUT2D eigenvalue weighted by molar-refractivity contribution is -0.225. The van der Waals surface area contributed by atoms with Crippen molar-refractivity contribution in [1.29, 1.82) is 0 Å². The molecule has 1 saturated heterocycles. The number of thiazole rings is 2. The number of aliphatic hydroxyl groups is 4. The summed E-state index contributed by atoms with van der Waals surface area (Å²) in [5.41, 5.74) is 1.13. The van der Waals surface area contributed by atoms with Crippen molar-refractivity contribution in [2.75, 3.05) is 18.5 Å². The number of aromatic amines is 1. The van der Waals surface area contributed by atoms with Gasteiger partial charge in [0.1, 0.15) is 41.2 Å². The Kier molecular flexibility index (Phi) is 6.38. The van der Waals surface area contributed by atoms with Crippen LogP contribution < -0.4 is 5.32 Å². The molecule has 14 heteroatoms. The number of hydrogen-bond donors (Lipinski definition) is 6. The van der Waals surface area contributed by atoms with E-state index in [2.05, 4.69) is 30.7 Å². The Bertz CT molecular complexity index is 1040. The Morgan fingerprint density at radius 3 is 2.68 bits per heavy atom. The van der Waals surface area contributed by atoms with Crippen LogP contribution in [0.25, 0.3) is 10.7 Å². The molecule has 6 N–H and O–H groups in total. The molecule has 0 aliphatic carbocycles. The van der Waals surface area contributed by atoms with Crippen molar-refractivity contribution in [3.05, 3.63) is 27.8 Å². The van der Waals surface area contributed by atoms with Crippen LogP contribution in [0.3, 0.4) is 0 Å². The van der Waals surface area contributed by atoms with Crippen molar-refractivity contribution in [3.63, 3.8) is 0 Å². The molecule has 5 atom stereocenters. The van der Waals surface area contributed by atoms with Crippen LogP contribution in [0.5, 0.6) is 0 Å². The smallest absolute Gasteiger partial charge is 0.216 e. The molecule has 31 heavy (non-hydrogen) atoms. The van der Waals surface area contributed by atoms with Crippen molar-refractivity contribution < 1.29 is 30.0 Å². The van der Waals surface area contributed by atoms with E-state index in [1.807, 2.05) is 0 Å². The normalized spacial score (nSPS) is 26.2. The third-order valence-electron chi connectivity index (χ3n) is 4.81. The fourth-order valence-corrected chi connectivity index (χ4v) is 4.94. The minimum Gasteiger partial charge on any atom is -0.394 e. The molecule has 1 aliphatic rings. The van der Waals surface area contributed by atoms with Crippen LogP contribution in [0.2, 0.25) is 0 Å². The summed E-state index contributed by atoms with van der Waals surface area (Å²) >= 11 is 2.34. The summed E-state index contributed by atoms with van der Waals surface area (Å²) in [6.07, 6.45) is -3.09. The van der Waals surface area contributed by atoms with E-state index in [1.165, 1.54) is 23.7 Å². The number of aliphatic hydroxyl groups excluding tert-OH is 4. The van der Waals surface area contributed by atoms with Gasteiger partial charge >= 0.3 is 0 Å². The molecule has 4 rings (SSSR count). The van der Waals surface area contributed by atoms with Crippen LogP contribution in [0.15, 0.2) is 12.4 Å². The summed E-state index contributed by atoms with van der Waals surface area (Å²) in [6, 6.07) is 0. The van der Waals surface area contributed by atoms with Gasteiger partial charge in [0.05, 0.1) is 34.4 Å². The van der Waals surface area contributed by atoms with E-state index < -0.39 is 37.1 Å². The Morgan fingerprint density at radius 2 is 1.97 bits per heavy atom. The van der Waals surface area contributed by atoms with Gasteiger partial charge in [0.15, 0.2) is 5.13 Å². The molecule has 0 saturated carbocycles. The van der Waals surface area contributed by atoms with Gasteiger partial charge in [-0.1, -0.05) is 11.3 Å². The number of nitrogens with zero attached hydrogens (tertiary/aromatic N) is 4. The van der Waals surface area contributed by atoms with Crippen molar-refractivity contribution in [3.8, 4) is 10.7 Å². The van der Waals surface area contributed by atoms with Gasteiger partial charge in [0.25, 0.3) is 0 Å². The highest BCUT2D eigenvalue weighted by Crippen LogP contribution is 2.30. The minimum absolute atomic E-state index is 0.0541. The van der Waals surface area contributed by atoms with Crippen LogP contribution in [0.1, 0.15) is 20.2 Å². The van der Waals surface area contributed by atoms with Crippen LogP contribution in [-0.4, -0.2) is 95.3 Å². The average molecular weight is 469 g/mol. The minimum atomic E-state index is -1.45. The topological polar surface area (TPSA) is 187 Å². The number of H-pyrrole nitrogens is 1. The van der Waals surface area contributed by atoms with E-state index >= 15 is 0 Å². The van der Waals surface area contributed by atoms with Gasteiger partial charge in [0, 0.05) is 6.54 Å². The summed E-state index contributed by atoms with van der Waals surface area (Å²) in [4.78, 5) is 22.3. The van der Waals surface area contributed by atoms with E-state index in [0.717, 1.165) is 11.3 Å². The Hall–Kier alpha value is -2.33. The average Bonchev–Trinajstić information content (AvgIpc) is 3.52. The number of aryl methyl sites for hydroxylation is 1. The lowest BCUT2D eigenvalue weighted by atomic mass is 9.95. The maximum absolute atomic E-state index is 12.9. The molecule has 12 nitrogen and oxygen atoms in total. The van der Waals surface area contributed by atoms with Crippen LogP contribution >= 0.6 is 22.7 Å². The molecule has 0 radical (unpaired) electrons. The summed E-state index contributed by atoms with van der Waals surface area (Å²) in [5, 5.41) is 53.3. The number of anilines is 1. The lowest BCUT2D eigenvalue weighted by Crippen LogP contribution is -2.60. The predicted molar refractivity (Wildman–Crippen MR) is 110 cm³/mol. The fraction of sp³-hybridized carbons (Fsp3) is 0.471. The molecule has 0 unspecified atom stereocenters. The molecule has 0 spiro atoms. The first-order valence-corrected chi connectivity index (χ1v) is 10.9. The second-order valence-electron chi connectivity index (χ2n) is 6.90. The van der Waals surface area contributed by atoms with Crippen molar-refractivity contribution in [1.82, 2.24) is 25.4 Å². The first-order chi connectivity index (χ1) is 14.9. The quantitative estimate of drug-likeness (QED) is 0.238. The molecule has 0 aromatic carbocycles. The van der Waals surface area contributed by atoms with Gasteiger partial charge < -0.3 is 30.5 Å².